The van der Waals surface area contributed by atoms with Crippen LogP contribution in [0.3, 0.4) is 0 Å². The second kappa shape index (κ2) is 7.76. The van der Waals surface area contributed by atoms with Crippen LogP contribution < -0.4 is 14.8 Å². The molecule has 0 aliphatic heterocycles. The average molecular weight is 378 g/mol. The van der Waals surface area contributed by atoms with Crippen molar-refractivity contribution in [3.8, 4) is 11.5 Å². The summed E-state index contributed by atoms with van der Waals surface area (Å²) in [4.78, 5) is 12.6. The number of sulfonamides is 1. The van der Waals surface area contributed by atoms with Gasteiger partial charge in [-0.25, -0.2) is 12.7 Å². The van der Waals surface area contributed by atoms with Crippen LogP contribution in [0.2, 0.25) is 0 Å². The van der Waals surface area contributed by atoms with Gasteiger partial charge in [-0.15, -0.1) is 0 Å². The van der Waals surface area contributed by atoms with E-state index in [0.29, 0.717) is 17.1 Å². The third kappa shape index (κ3) is 3.97. The fraction of sp³-hybridized carbons (Fsp3) is 0.278. The van der Waals surface area contributed by atoms with Crippen molar-refractivity contribution in [2.45, 2.75) is 11.8 Å². The first-order valence-electron chi connectivity index (χ1n) is 7.77. The molecule has 0 unspecified atom stereocenters. The fourth-order valence-electron chi connectivity index (χ4n) is 2.31. The molecule has 0 atom stereocenters. The molecular formula is C18H22N2O5S. The minimum Gasteiger partial charge on any atom is -0.496 e. The van der Waals surface area contributed by atoms with Crippen LogP contribution in [0, 0.1) is 6.92 Å². The molecule has 0 fully saturated rings. The van der Waals surface area contributed by atoms with Gasteiger partial charge in [0.25, 0.3) is 5.91 Å². The number of methoxy groups -OCH3 is 2. The topological polar surface area (TPSA) is 84.9 Å². The Morgan fingerprint density at radius 2 is 1.65 bits per heavy atom. The van der Waals surface area contributed by atoms with Crippen molar-refractivity contribution in [2.75, 3.05) is 33.6 Å². The number of hydrogen-bond acceptors (Lipinski definition) is 5. The van der Waals surface area contributed by atoms with Crippen LogP contribution in [0.1, 0.15) is 15.9 Å². The van der Waals surface area contributed by atoms with Crippen LogP contribution >= 0.6 is 0 Å². The van der Waals surface area contributed by atoms with Gasteiger partial charge in [0.05, 0.1) is 24.8 Å². The molecule has 0 heterocycles. The first-order valence-corrected chi connectivity index (χ1v) is 9.21. The summed E-state index contributed by atoms with van der Waals surface area (Å²) >= 11 is 0. The Kier molecular flexibility index (Phi) is 5.89. The number of carbonyl (C=O) groups is 1. The zero-order valence-electron chi connectivity index (χ0n) is 15.4. The predicted octanol–water partition coefficient (Wildman–Crippen LogP) is 2.51. The molecule has 140 valence electrons. The van der Waals surface area contributed by atoms with E-state index in [1.807, 2.05) is 6.92 Å². The Morgan fingerprint density at radius 3 is 2.23 bits per heavy atom. The van der Waals surface area contributed by atoms with Crippen LogP contribution in [-0.4, -0.2) is 46.9 Å². The molecule has 2 rings (SSSR count). The van der Waals surface area contributed by atoms with E-state index in [1.165, 1.54) is 46.5 Å². The number of hydrogen-bond donors (Lipinski definition) is 1. The molecule has 7 nitrogen and oxygen atoms in total. The van der Waals surface area contributed by atoms with E-state index >= 15 is 0 Å². The molecular weight excluding hydrogens is 356 g/mol. The van der Waals surface area contributed by atoms with E-state index in [0.717, 1.165) is 9.87 Å². The largest absolute Gasteiger partial charge is 0.496 e. The van der Waals surface area contributed by atoms with Crippen LogP contribution in [0.4, 0.5) is 5.69 Å². The molecule has 0 aliphatic carbocycles. The molecule has 0 spiro atoms. The van der Waals surface area contributed by atoms with Gasteiger partial charge in [0.1, 0.15) is 11.5 Å². The number of rotatable bonds is 6. The first-order chi connectivity index (χ1) is 12.2. The quantitative estimate of drug-likeness (QED) is 0.835. The zero-order valence-corrected chi connectivity index (χ0v) is 16.2. The summed E-state index contributed by atoms with van der Waals surface area (Å²) in [6.45, 7) is 1.87. The number of nitrogens with one attached hydrogen (secondary N) is 1. The van der Waals surface area contributed by atoms with Crippen LogP contribution in [0.15, 0.2) is 41.3 Å². The van der Waals surface area contributed by atoms with E-state index in [1.54, 1.807) is 18.2 Å². The van der Waals surface area contributed by atoms with Gasteiger partial charge in [0.15, 0.2) is 0 Å². The van der Waals surface area contributed by atoms with E-state index in [9.17, 15) is 13.2 Å². The van der Waals surface area contributed by atoms with E-state index in [2.05, 4.69) is 5.32 Å². The molecule has 1 amide bonds. The maximum Gasteiger partial charge on any atom is 0.255 e. The highest BCUT2D eigenvalue weighted by molar-refractivity contribution is 7.89. The summed E-state index contributed by atoms with van der Waals surface area (Å²) in [7, 11) is 2.22. The number of carbonyl (C=O) groups excluding carboxylic acids is 1. The van der Waals surface area contributed by atoms with Gasteiger partial charge in [-0.05, 0) is 42.8 Å². The van der Waals surface area contributed by atoms with Crippen molar-refractivity contribution in [1.29, 1.82) is 0 Å². The maximum absolute atomic E-state index is 12.6. The Bertz CT molecular complexity index is 923. The number of anilines is 1. The van der Waals surface area contributed by atoms with Gasteiger partial charge in [-0.2, -0.15) is 0 Å². The summed E-state index contributed by atoms with van der Waals surface area (Å²) in [5.74, 6) is 0.546. The molecule has 2 aromatic carbocycles. The lowest BCUT2D eigenvalue weighted by atomic mass is 10.1. The smallest absolute Gasteiger partial charge is 0.255 e. The third-order valence-corrected chi connectivity index (χ3v) is 5.68. The van der Waals surface area contributed by atoms with Gasteiger partial charge in [-0.3, -0.25) is 4.79 Å². The molecule has 1 N–H and O–H groups in total. The minimum atomic E-state index is -3.63. The Hall–Kier alpha value is -2.58. The van der Waals surface area contributed by atoms with Crippen molar-refractivity contribution in [3.05, 3.63) is 47.5 Å². The molecule has 0 saturated carbocycles. The number of ether oxygens (including phenoxy) is 2. The SMILES string of the molecule is COc1cc(C(=O)Nc2cc(S(=O)(=O)N(C)C)ccc2OC)ccc1C. The highest BCUT2D eigenvalue weighted by Crippen LogP contribution is 2.29. The Morgan fingerprint density at radius 1 is 1.00 bits per heavy atom. The van der Waals surface area contributed by atoms with Gasteiger partial charge in [0.2, 0.25) is 10.0 Å². The van der Waals surface area contributed by atoms with Gasteiger partial charge >= 0.3 is 0 Å². The van der Waals surface area contributed by atoms with Crippen molar-refractivity contribution < 1.29 is 22.7 Å². The molecule has 0 aliphatic rings. The normalized spacial score (nSPS) is 11.3. The summed E-state index contributed by atoms with van der Waals surface area (Å²) in [5.41, 5.74) is 1.55. The summed E-state index contributed by atoms with van der Waals surface area (Å²) in [6.07, 6.45) is 0. The highest BCUT2D eigenvalue weighted by atomic mass is 32.2. The fourth-order valence-corrected chi connectivity index (χ4v) is 3.24. The van der Waals surface area contributed by atoms with Crippen molar-refractivity contribution in [1.82, 2.24) is 4.31 Å². The van der Waals surface area contributed by atoms with E-state index < -0.39 is 15.9 Å². The standard InChI is InChI=1S/C18H22N2O5S/c1-12-6-7-13(10-17(12)25-5)18(21)19-15-11-14(8-9-16(15)24-4)26(22,23)20(2)3/h6-11H,1-5H3,(H,19,21). The van der Waals surface area contributed by atoms with Crippen LogP contribution in [0.5, 0.6) is 11.5 Å². The van der Waals surface area contributed by atoms with E-state index in [-0.39, 0.29) is 10.6 Å². The Labute approximate surface area is 153 Å². The van der Waals surface area contributed by atoms with E-state index in [4.69, 9.17) is 9.47 Å². The van der Waals surface area contributed by atoms with Crippen molar-refractivity contribution >= 4 is 21.6 Å². The minimum absolute atomic E-state index is 0.0556. The van der Waals surface area contributed by atoms with Crippen molar-refractivity contribution in [3.63, 3.8) is 0 Å². The monoisotopic (exact) mass is 378 g/mol. The molecule has 26 heavy (non-hydrogen) atoms. The average Bonchev–Trinajstić information content (AvgIpc) is 2.61. The second-order valence-corrected chi connectivity index (χ2v) is 7.94. The first kappa shape index (κ1) is 19.7. The Balaban J connectivity index is 2.40. The number of nitrogens with zero attached hydrogens (tertiary/aromatic N) is 1. The number of aryl methyl sites for hydroxylation is 1. The molecule has 0 saturated heterocycles. The molecule has 0 aromatic heterocycles. The maximum atomic E-state index is 12.6. The molecule has 0 radical (unpaired) electrons. The summed E-state index contributed by atoms with van der Waals surface area (Å²) in [6, 6.07) is 9.37. The molecule has 0 bridgehead atoms. The predicted molar refractivity (Wildman–Crippen MR) is 99.6 cm³/mol. The van der Waals surface area contributed by atoms with Crippen LogP contribution in [0.25, 0.3) is 0 Å². The van der Waals surface area contributed by atoms with Crippen LogP contribution in [-0.2, 0) is 10.0 Å². The third-order valence-electron chi connectivity index (χ3n) is 3.87. The van der Waals surface area contributed by atoms with Gasteiger partial charge < -0.3 is 14.8 Å². The number of benzene rings is 2. The lowest BCUT2D eigenvalue weighted by Gasteiger charge is -2.15. The summed E-state index contributed by atoms with van der Waals surface area (Å²) < 4.78 is 36.2. The highest BCUT2D eigenvalue weighted by Gasteiger charge is 2.20. The van der Waals surface area contributed by atoms with Gasteiger partial charge in [-0.1, -0.05) is 6.07 Å². The lowest BCUT2D eigenvalue weighted by Crippen LogP contribution is -2.22. The second-order valence-electron chi connectivity index (χ2n) is 5.79. The molecule has 8 heteroatoms. The lowest BCUT2D eigenvalue weighted by molar-refractivity contribution is 0.102. The van der Waals surface area contributed by atoms with Crippen molar-refractivity contribution in [2.24, 2.45) is 0 Å². The number of amides is 1. The zero-order chi connectivity index (χ0) is 19.5. The van der Waals surface area contributed by atoms with Gasteiger partial charge in [0, 0.05) is 19.7 Å². The summed E-state index contributed by atoms with van der Waals surface area (Å²) in [5, 5.41) is 2.70. The molecule has 2 aromatic rings.